The molecule has 106 valence electrons. The summed E-state index contributed by atoms with van der Waals surface area (Å²) in [4.78, 5) is 13.1. The number of fused-ring (bicyclic) bond motifs is 2. The second-order valence-electron chi connectivity index (χ2n) is 5.01. The average molecular weight is 351 g/mol. The molecule has 0 amide bonds. The number of nitrogens with two attached hydrogens (primary N) is 1. The second-order valence-corrected chi connectivity index (χ2v) is 5.86. The average Bonchev–Trinajstić information content (AvgIpc) is 2.55. The highest BCUT2D eigenvalue weighted by molar-refractivity contribution is 9.10. The van der Waals surface area contributed by atoms with E-state index in [-0.39, 0.29) is 0 Å². The molecule has 0 radical (unpaired) electrons. The zero-order valence-corrected chi connectivity index (χ0v) is 13.1. The number of hydrogen-bond acceptors (Lipinski definition) is 4. The van der Waals surface area contributed by atoms with Crippen LogP contribution in [0.25, 0.3) is 32.8 Å². The minimum atomic E-state index is 0.725. The van der Waals surface area contributed by atoms with E-state index in [0.29, 0.717) is 0 Å². The van der Waals surface area contributed by atoms with Crippen LogP contribution in [0.4, 0.5) is 5.69 Å². The summed E-state index contributed by atoms with van der Waals surface area (Å²) < 4.78 is 0.888. The standard InChI is InChI=1S/C17H11BrN4/c18-14-9-22-17(12-2-1-3-15(19)16(12)14)13-8-21-7-10-6-20-5-4-11(10)13/h1-9H,19H2. The SMILES string of the molecule is Nc1cccc2c(-c3cncc4cnccc34)ncc(Br)c12. The Kier molecular flexibility index (Phi) is 3.01. The Morgan fingerprint density at radius 1 is 0.909 bits per heavy atom. The van der Waals surface area contributed by atoms with Gasteiger partial charge >= 0.3 is 0 Å². The second kappa shape index (κ2) is 5.03. The Hall–Kier alpha value is -2.53. The summed E-state index contributed by atoms with van der Waals surface area (Å²) in [6, 6.07) is 7.84. The lowest BCUT2D eigenvalue weighted by Crippen LogP contribution is -1.93. The summed E-state index contributed by atoms with van der Waals surface area (Å²) in [6.07, 6.45) is 9.01. The van der Waals surface area contributed by atoms with Crippen molar-refractivity contribution < 1.29 is 0 Å². The number of benzene rings is 1. The van der Waals surface area contributed by atoms with Gasteiger partial charge in [0.25, 0.3) is 0 Å². The molecule has 0 atom stereocenters. The minimum Gasteiger partial charge on any atom is -0.398 e. The summed E-state index contributed by atoms with van der Waals surface area (Å²) in [5, 5.41) is 4.03. The summed E-state index contributed by atoms with van der Waals surface area (Å²) in [7, 11) is 0. The van der Waals surface area contributed by atoms with E-state index >= 15 is 0 Å². The van der Waals surface area contributed by atoms with Gasteiger partial charge in [0, 0.05) is 62.9 Å². The minimum absolute atomic E-state index is 0.725. The number of aromatic nitrogens is 3. The normalized spacial score (nSPS) is 11.1. The van der Waals surface area contributed by atoms with Gasteiger partial charge in [0.15, 0.2) is 0 Å². The van der Waals surface area contributed by atoms with Gasteiger partial charge in [-0.15, -0.1) is 0 Å². The van der Waals surface area contributed by atoms with Crippen molar-refractivity contribution in [2.75, 3.05) is 5.73 Å². The first-order valence-corrected chi connectivity index (χ1v) is 7.56. The van der Waals surface area contributed by atoms with Gasteiger partial charge in [-0.1, -0.05) is 12.1 Å². The van der Waals surface area contributed by atoms with Crippen LogP contribution in [0.3, 0.4) is 0 Å². The number of hydrogen-bond donors (Lipinski definition) is 1. The Morgan fingerprint density at radius 3 is 2.68 bits per heavy atom. The number of nitrogen functional groups attached to an aromatic ring is 1. The first kappa shape index (κ1) is 13.2. The number of pyridine rings is 3. The van der Waals surface area contributed by atoms with E-state index in [4.69, 9.17) is 5.73 Å². The van der Waals surface area contributed by atoms with Gasteiger partial charge in [0.1, 0.15) is 0 Å². The number of halogens is 1. The topological polar surface area (TPSA) is 64.7 Å². The van der Waals surface area contributed by atoms with Crippen molar-refractivity contribution in [1.29, 1.82) is 0 Å². The lowest BCUT2D eigenvalue weighted by Gasteiger charge is -2.11. The molecule has 4 rings (SSSR count). The third-order valence-corrected chi connectivity index (χ3v) is 4.31. The lowest BCUT2D eigenvalue weighted by atomic mass is 10.0. The third-order valence-electron chi connectivity index (χ3n) is 3.71. The number of rotatable bonds is 1. The van der Waals surface area contributed by atoms with Gasteiger partial charge < -0.3 is 5.73 Å². The third kappa shape index (κ3) is 1.94. The largest absolute Gasteiger partial charge is 0.398 e. The van der Waals surface area contributed by atoms with Crippen LogP contribution in [0.15, 0.2) is 59.7 Å². The predicted molar refractivity (Wildman–Crippen MR) is 92.4 cm³/mol. The smallest absolute Gasteiger partial charge is 0.0803 e. The first-order valence-electron chi connectivity index (χ1n) is 6.76. The summed E-state index contributed by atoms with van der Waals surface area (Å²) in [6.45, 7) is 0. The lowest BCUT2D eigenvalue weighted by molar-refractivity contribution is 1.29. The molecule has 0 fully saturated rings. The predicted octanol–water partition coefficient (Wildman–Crippen LogP) is 4.19. The maximum atomic E-state index is 6.13. The molecule has 3 heterocycles. The quantitative estimate of drug-likeness (QED) is 0.522. The van der Waals surface area contributed by atoms with Crippen molar-refractivity contribution in [3.63, 3.8) is 0 Å². The van der Waals surface area contributed by atoms with Crippen LogP contribution in [0.1, 0.15) is 0 Å². The van der Waals surface area contributed by atoms with Crippen LogP contribution < -0.4 is 5.73 Å². The first-order chi connectivity index (χ1) is 10.8. The van der Waals surface area contributed by atoms with E-state index in [9.17, 15) is 0 Å². The molecule has 0 saturated heterocycles. The van der Waals surface area contributed by atoms with Gasteiger partial charge in [-0.3, -0.25) is 15.0 Å². The Bertz CT molecular complexity index is 1000. The molecule has 22 heavy (non-hydrogen) atoms. The molecule has 0 spiro atoms. The summed E-state index contributed by atoms with van der Waals surface area (Å²) in [5.41, 5.74) is 8.70. The molecule has 0 aliphatic rings. The molecule has 5 heteroatoms. The highest BCUT2D eigenvalue weighted by Crippen LogP contribution is 2.36. The number of nitrogens with zero attached hydrogens (tertiary/aromatic N) is 3. The van der Waals surface area contributed by atoms with E-state index in [0.717, 1.165) is 43.0 Å². The number of anilines is 1. The van der Waals surface area contributed by atoms with Crippen molar-refractivity contribution in [2.24, 2.45) is 0 Å². The summed E-state index contributed by atoms with van der Waals surface area (Å²) >= 11 is 3.54. The van der Waals surface area contributed by atoms with Crippen LogP contribution in [0.5, 0.6) is 0 Å². The zero-order chi connectivity index (χ0) is 15.1. The molecular formula is C17H11BrN4. The van der Waals surface area contributed by atoms with E-state index < -0.39 is 0 Å². The van der Waals surface area contributed by atoms with Crippen LogP contribution in [-0.2, 0) is 0 Å². The maximum absolute atomic E-state index is 6.13. The van der Waals surface area contributed by atoms with Gasteiger partial charge in [-0.2, -0.15) is 0 Å². The van der Waals surface area contributed by atoms with E-state index in [2.05, 4.69) is 30.9 Å². The van der Waals surface area contributed by atoms with Crippen molar-refractivity contribution in [3.05, 3.63) is 59.7 Å². The highest BCUT2D eigenvalue weighted by atomic mass is 79.9. The molecule has 0 aliphatic carbocycles. The highest BCUT2D eigenvalue weighted by Gasteiger charge is 2.13. The Balaban J connectivity index is 2.14. The fourth-order valence-electron chi connectivity index (χ4n) is 2.71. The molecular weight excluding hydrogens is 340 g/mol. The van der Waals surface area contributed by atoms with E-state index in [1.54, 1.807) is 24.8 Å². The zero-order valence-electron chi connectivity index (χ0n) is 11.5. The molecule has 0 saturated carbocycles. The monoisotopic (exact) mass is 350 g/mol. The van der Waals surface area contributed by atoms with Gasteiger partial charge in [-0.25, -0.2) is 0 Å². The van der Waals surface area contributed by atoms with Crippen molar-refractivity contribution in [2.45, 2.75) is 0 Å². The van der Waals surface area contributed by atoms with Gasteiger partial charge in [0.2, 0.25) is 0 Å². The van der Waals surface area contributed by atoms with Gasteiger partial charge in [-0.05, 0) is 33.4 Å². The van der Waals surface area contributed by atoms with Crippen molar-refractivity contribution in [1.82, 2.24) is 15.0 Å². The fourth-order valence-corrected chi connectivity index (χ4v) is 3.25. The maximum Gasteiger partial charge on any atom is 0.0803 e. The molecule has 4 aromatic rings. The van der Waals surface area contributed by atoms with Crippen LogP contribution >= 0.6 is 15.9 Å². The molecule has 0 unspecified atom stereocenters. The molecule has 0 aliphatic heterocycles. The molecule has 3 aromatic heterocycles. The van der Waals surface area contributed by atoms with Crippen LogP contribution in [-0.4, -0.2) is 15.0 Å². The van der Waals surface area contributed by atoms with Crippen LogP contribution in [0, 0.1) is 0 Å². The van der Waals surface area contributed by atoms with Crippen molar-refractivity contribution >= 4 is 43.2 Å². The van der Waals surface area contributed by atoms with Gasteiger partial charge in [0.05, 0.1) is 5.69 Å². The van der Waals surface area contributed by atoms with Crippen molar-refractivity contribution in [3.8, 4) is 11.3 Å². The Morgan fingerprint density at radius 2 is 1.77 bits per heavy atom. The molecule has 1 aromatic carbocycles. The van der Waals surface area contributed by atoms with Crippen LogP contribution in [0.2, 0.25) is 0 Å². The van der Waals surface area contributed by atoms with E-state index in [1.165, 1.54) is 0 Å². The fraction of sp³-hybridized carbons (Fsp3) is 0. The summed E-state index contributed by atoms with van der Waals surface area (Å²) in [5.74, 6) is 0. The molecule has 4 nitrogen and oxygen atoms in total. The Labute approximate surface area is 135 Å². The van der Waals surface area contributed by atoms with E-state index in [1.807, 2.05) is 30.5 Å². The molecule has 0 bridgehead atoms. The molecule has 2 N–H and O–H groups in total.